The van der Waals surface area contributed by atoms with E-state index in [0.717, 1.165) is 41.7 Å². The van der Waals surface area contributed by atoms with Crippen molar-refractivity contribution in [2.75, 3.05) is 25.0 Å². The number of nitrogens with zero attached hydrogens (tertiary/aromatic N) is 2. The summed E-state index contributed by atoms with van der Waals surface area (Å²) in [5.74, 6) is 0. The van der Waals surface area contributed by atoms with Crippen LogP contribution in [0, 0.1) is 0 Å². The summed E-state index contributed by atoms with van der Waals surface area (Å²) >= 11 is 6.94. The molecule has 1 aromatic carbocycles. The van der Waals surface area contributed by atoms with Crippen molar-refractivity contribution < 1.29 is 0 Å². The summed E-state index contributed by atoms with van der Waals surface area (Å²) in [5, 5.41) is 8.19. The van der Waals surface area contributed by atoms with E-state index in [-0.39, 0.29) is 0 Å². The minimum absolute atomic E-state index is 0.473. The quantitative estimate of drug-likeness (QED) is 0.834. The minimum atomic E-state index is 0.473. The van der Waals surface area contributed by atoms with E-state index in [1.807, 2.05) is 13.1 Å². The highest BCUT2D eigenvalue weighted by Crippen LogP contribution is 2.30. The number of piperidine rings is 1. The topological polar surface area (TPSA) is 40.2 Å². The second kappa shape index (κ2) is 5.93. The first-order valence-electron chi connectivity index (χ1n) is 6.85. The van der Waals surface area contributed by atoms with Gasteiger partial charge in [-0.1, -0.05) is 23.5 Å². The van der Waals surface area contributed by atoms with E-state index in [2.05, 4.69) is 33.7 Å². The van der Waals surface area contributed by atoms with Crippen LogP contribution in [0.25, 0.3) is 10.2 Å². The first-order valence-corrected chi connectivity index (χ1v) is 8.07. The molecule has 6 heteroatoms. The maximum atomic E-state index is 5.16. The molecule has 1 saturated heterocycles. The van der Waals surface area contributed by atoms with Gasteiger partial charge in [-0.15, -0.1) is 0 Å². The second-order valence-electron chi connectivity index (χ2n) is 4.95. The number of hydrogen-bond acceptors (Lipinski definition) is 4. The summed E-state index contributed by atoms with van der Waals surface area (Å²) in [7, 11) is 1.85. The van der Waals surface area contributed by atoms with Crippen molar-refractivity contribution in [3.05, 3.63) is 24.3 Å². The molecular formula is C14H18N4S2. The van der Waals surface area contributed by atoms with E-state index in [1.165, 1.54) is 4.70 Å². The van der Waals surface area contributed by atoms with Crippen LogP contribution in [0.3, 0.4) is 0 Å². The van der Waals surface area contributed by atoms with Gasteiger partial charge in [0.15, 0.2) is 10.2 Å². The number of para-hydroxylation sites is 1. The number of anilines is 1. The number of rotatable bonds is 2. The molecule has 3 rings (SSSR count). The van der Waals surface area contributed by atoms with Crippen molar-refractivity contribution in [1.29, 1.82) is 0 Å². The number of benzene rings is 1. The summed E-state index contributed by atoms with van der Waals surface area (Å²) in [5.41, 5.74) is 1.10. The lowest BCUT2D eigenvalue weighted by Gasteiger charge is -2.32. The Morgan fingerprint density at radius 2 is 2.10 bits per heavy atom. The van der Waals surface area contributed by atoms with E-state index in [0.29, 0.717) is 6.04 Å². The van der Waals surface area contributed by atoms with Crippen LogP contribution in [-0.4, -0.2) is 36.3 Å². The Kier molecular flexibility index (Phi) is 4.03. The first kappa shape index (κ1) is 13.6. The molecule has 1 aliphatic rings. The molecule has 2 aromatic rings. The van der Waals surface area contributed by atoms with Crippen LogP contribution in [0.4, 0.5) is 5.13 Å². The zero-order valence-corrected chi connectivity index (χ0v) is 13.1. The monoisotopic (exact) mass is 306 g/mol. The second-order valence-corrected chi connectivity index (χ2v) is 6.37. The Morgan fingerprint density at radius 3 is 2.80 bits per heavy atom. The molecule has 1 aromatic heterocycles. The highest BCUT2D eigenvalue weighted by molar-refractivity contribution is 7.80. The van der Waals surface area contributed by atoms with Gasteiger partial charge in [-0.05, 0) is 37.2 Å². The lowest BCUT2D eigenvalue weighted by atomic mass is 10.1. The van der Waals surface area contributed by atoms with Crippen molar-refractivity contribution in [2.45, 2.75) is 18.9 Å². The van der Waals surface area contributed by atoms with E-state index < -0.39 is 0 Å². The van der Waals surface area contributed by atoms with E-state index in [4.69, 9.17) is 17.2 Å². The van der Waals surface area contributed by atoms with Crippen LogP contribution < -0.4 is 15.5 Å². The fraction of sp³-hybridized carbons (Fsp3) is 0.429. The minimum Gasteiger partial charge on any atom is -0.366 e. The predicted molar refractivity (Wildman–Crippen MR) is 89.6 cm³/mol. The molecule has 2 heterocycles. The summed E-state index contributed by atoms with van der Waals surface area (Å²) in [6, 6.07) is 8.80. The molecule has 1 aliphatic heterocycles. The van der Waals surface area contributed by atoms with Crippen LogP contribution in [0.5, 0.6) is 0 Å². The Hall–Kier alpha value is -1.40. The van der Waals surface area contributed by atoms with Gasteiger partial charge in [0.05, 0.1) is 10.2 Å². The molecular weight excluding hydrogens is 288 g/mol. The van der Waals surface area contributed by atoms with Crippen LogP contribution in [-0.2, 0) is 0 Å². The third-order valence-electron chi connectivity index (χ3n) is 3.61. The van der Waals surface area contributed by atoms with Gasteiger partial charge in [0.25, 0.3) is 0 Å². The maximum Gasteiger partial charge on any atom is 0.186 e. The molecule has 0 bridgehead atoms. The normalized spacial score (nSPS) is 16.4. The lowest BCUT2D eigenvalue weighted by molar-refractivity contribution is 0.465. The van der Waals surface area contributed by atoms with Crippen LogP contribution in [0.15, 0.2) is 24.3 Å². The maximum absolute atomic E-state index is 5.16. The summed E-state index contributed by atoms with van der Waals surface area (Å²) in [6.07, 6.45) is 2.19. The number of aromatic nitrogens is 1. The number of thiazole rings is 1. The molecule has 0 amide bonds. The standard InChI is InChI=1S/C14H18N4S2/c1-15-13(19)16-10-6-8-18(9-7-10)14-17-11-4-2-3-5-12(11)20-14/h2-5,10H,6-9H2,1H3,(H2,15,16,19). The molecule has 0 atom stereocenters. The van der Waals surface area contributed by atoms with Gasteiger partial charge in [-0.25, -0.2) is 4.98 Å². The van der Waals surface area contributed by atoms with Gasteiger partial charge in [0.1, 0.15) is 0 Å². The summed E-state index contributed by atoms with van der Waals surface area (Å²) < 4.78 is 1.26. The van der Waals surface area contributed by atoms with Crippen molar-refractivity contribution in [1.82, 2.24) is 15.6 Å². The Morgan fingerprint density at radius 1 is 1.35 bits per heavy atom. The van der Waals surface area contributed by atoms with Gasteiger partial charge >= 0.3 is 0 Å². The number of hydrogen-bond donors (Lipinski definition) is 2. The van der Waals surface area contributed by atoms with E-state index >= 15 is 0 Å². The average Bonchev–Trinajstić information content (AvgIpc) is 2.91. The molecule has 0 spiro atoms. The highest BCUT2D eigenvalue weighted by atomic mass is 32.1. The molecule has 0 aliphatic carbocycles. The Bertz CT molecular complexity index is 569. The van der Waals surface area contributed by atoms with Crippen LogP contribution in [0.2, 0.25) is 0 Å². The van der Waals surface area contributed by atoms with Crippen molar-refractivity contribution in [3.8, 4) is 0 Å². The fourth-order valence-corrected chi connectivity index (χ4v) is 3.65. The zero-order valence-electron chi connectivity index (χ0n) is 11.4. The molecule has 0 unspecified atom stereocenters. The Labute approximate surface area is 128 Å². The molecule has 0 saturated carbocycles. The summed E-state index contributed by atoms with van der Waals surface area (Å²) in [6.45, 7) is 2.06. The largest absolute Gasteiger partial charge is 0.366 e. The van der Waals surface area contributed by atoms with Gasteiger partial charge in [0, 0.05) is 26.2 Å². The van der Waals surface area contributed by atoms with Crippen molar-refractivity contribution >= 4 is 44.0 Å². The van der Waals surface area contributed by atoms with Gasteiger partial charge in [-0.3, -0.25) is 0 Å². The Balaban J connectivity index is 1.64. The number of nitrogens with one attached hydrogen (secondary N) is 2. The van der Waals surface area contributed by atoms with Crippen LogP contribution in [0.1, 0.15) is 12.8 Å². The third kappa shape index (κ3) is 2.86. The fourth-order valence-electron chi connectivity index (χ4n) is 2.47. The van der Waals surface area contributed by atoms with Crippen LogP contribution >= 0.6 is 23.6 Å². The number of thiocarbonyl (C=S) groups is 1. The van der Waals surface area contributed by atoms with E-state index in [9.17, 15) is 0 Å². The van der Waals surface area contributed by atoms with Gasteiger partial charge in [-0.2, -0.15) is 0 Å². The van der Waals surface area contributed by atoms with Crippen molar-refractivity contribution in [3.63, 3.8) is 0 Å². The summed E-state index contributed by atoms with van der Waals surface area (Å²) in [4.78, 5) is 7.10. The molecule has 0 radical (unpaired) electrons. The molecule has 4 nitrogen and oxygen atoms in total. The first-order chi connectivity index (χ1) is 9.76. The third-order valence-corrected chi connectivity index (χ3v) is 5.03. The molecule has 20 heavy (non-hydrogen) atoms. The van der Waals surface area contributed by atoms with Gasteiger partial charge in [0.2, 0.25) is 0 Å². The van der Waals surface area contributed by atoms with Crippen molar-refractivity contribution in [2.24, 2.45) is 0 Å². The van der Waals surface area contributed by atoms with Gasteiger partial charge < -0.3 is 15.5 Å². The molecule has 1 fully saturated rings. The SMILES string of the molecule is CNC(=S)NC1CCN(c2nc3ccccc3s2)CC1. The average molecular weight is 306 g/mol. The smallest absolute Gasteiger partial charge is 0.186 e. The highest BCUT2D eigenvalue weighted by Gasteiger charge is 2.21. The van der Waals surface area contributed by atoms with E-state index in [1.54, 1.807) is 11.3 Å². The number of fused-ring (bicyclic) bond motifs is 1. The molecule has 106 valence electrons. The lowest BCUT2D eigenvalue weighted by Crippen LogP contribution is -2.47. The zero-order chi connectivity index (χ0) is 13.9. The predicted octanol–water partition coefficient (Wildman–Crippen LogP) is 2.36. The molecule has 2 N–H and O–H groups in total.